The highest BCUT2D eigenvalue weighted by Crippen LogP contribution is 2.55. The van der Waals surface area contributed by atoms with E-state index in [0.717, 1.165) is 30.8 Å². The van der Waals surface area contributed by atoms with Crippen LogP contribution in [0.25, 0.3) is 0 Å². The Labute approximate surface area is 163 Å². The van der Waals surface area contributed by atoms with Crippen LogP contribution in [0, 0.1) is 17.8 Å². The Kier molecular flexibility index (Phi) is 4.90. The highest BCUT2D eigenvalue weighted by Gasteiger charge is 2.51. The van der Waals surface area contributed by atoms with E-state index in [-0.39, 0.29) is 23.0 Å². The van der Waals surface area contributed by atoms with Gasteiger partial charge in [-0.2, -0.15) is 0 Å². The first kappa shape index (κ1) is 19.0. The zero-order valence-electron chi connectivity index (χ0n) is 17.2. The van der Waals surface area contributed by atoms with Crippen LogP contribution >= 0.6 is 0 Å². The van der Waals surface area contributed by atoms with E-state index in [1.807, 2.05) is 25.7 Å². The molecule has 27 heavy (non-hydrogen) atoms. The first-order valence-electron chi connectivity index (χ1n) is 10.8. The molecule has 5 aliphatic rings. The Morgan fingerprint density at radius 3 is 1.93 bits per heavy atom. The number of nitrogens with zero attached hydrogens (tertiary/aromatic N) is 2. The maximum atomic E-state index is 12.9. The van der Waals surface area contributed by atoms with E-state index >= 15 is 0 Å². The molecule has 6 nitrogen and oxygen atoms in total. The summed E-state index contributed by atoms with van der Waals surface area (Å²) in [6.07, 6.45) is 7.76. The monoisotopic (exact) mass is 376 g/mol. The fourth-order valence-electron chi connectivity index (χ4n) is 6.34. The molecule has 0 unspecified atom stereocenters. The van der Waals surface area contributed by atoms with Crippen LogP contribution in [-0.2, 0) is 4.79 Å². The number of nitrogens with one attached hydrogen (secondary N) is 2. The Balaban J connectivity index is 1.25. The van der Waals surface area contributed by atoms with Gasteiger partial charge in [-0.25, -0.2) is 4.79 Å². The van der Waals surface area contributed by atoms with Crippen LogP contribution in [0.5, 0.6) is 0 Å². The largest absolute Gasteiger partial charge is 0.350 e. The van der Waals surface area contributed by atoms with E-state index in [2.05, 4.69) is 15.5 Å². The van der Waals surface area contributed by atoms with Crippen molar-refractivity contribution in [3.05, 3.63) is 0 Å². The van der Waals surface area contributed by atoms with Crippen LogP contribution in [0.15, 0.2) is 0 Å². The van der Waals surface area contributed by atoms with Crippen LogP contribution in [0.1, 0.15) is 59.3 Å². The molecule has 5 fully saturated rings. The van der Waals surface area contributed by atoms with Gasteiger partial charge in [0, 0.05) is 37.3 Å². The van der Waals surface area contributed by atoms with Crippen molar-refractivity contribution in [1.29, 1.82) is 0 Å². The fraction of sp³-hybridized carbons (Fsp3) is 0.905. The van der Waals surface area contributed by atoms with E-state index in [9.17, 15) is 9.59 Å². The second kappa shape index (κ2) is 6.94. The molecule has 2 N–H and O–H groups in total. The third-order valence-electron chi connectivity index (χ3n) is 6.95. The van der Waals surface area contributed by atoms with Crippen LogP contribution in [0.3, 0.4) is 0 Å². The van der Waals surface area contributed by atoms with Crippen LogP contribution in [-0.4, -0.2) is 65.5 Å². The molecule has 4 aliphatic carbocycles. The second-order valence-electron chi connectivity index (χ2n) is 10.7. The van der Waals surface area contributed by atoms with Gasteiger partial charge in [0.1, 0.15) is 0 Å². The first-order valence-corrected chi connectivity index (χ1v) is 10.8. The second-order valence-corrected chi connectivity index (χ2v) is 10.7. The summed E-state index contributed by atoms with van der Waals surface area (Å²) in [4.78, 5) is 29.1. The lowest BCUT2D eigenvalue weighted by Gasteiger charge is -2.57. The van der Waals surface area contributed by atoms with Gasteiger partial charge < -0.3 is 15.5 Å². The Morgan fingerprint density at radius 1 is 0.926 bits per heavy atom. The van der Waals surface area contributed by atoms with Crippen LogP contribution in [0.2, 0.25) is 0 Å². The molecule has 0 atom stereocenters. The topological polar surface area (TPSA) is 64.7 Å². The minimum atomic E-state index is -0.198. The third kappa shape index (κ3) is 4.41. The molecule has 6 heteroatoms. The van der Waals surface area contributed by atoms with Crippen molar-refractivity contribution in [2.75, 3.05) is 32.7 Å². The molecule has 3 amide bonds. The Hall–Kier alpha value is -1.30. The number of carbonyl (C=O) groups excluding carboxylic acids is 2. The molecule has 4 bridgehead atoms. The molecule has 4 saturated carbocycles. The number of urea groups is 1. The summed E-state index contributed by atoms with van der Waals surface area (Å²) in [5.41, 5.74) is -0.119. The van der Waals surface area contributed by atoms with E-state index in [1.54, 1.807) is 0 Å². The summed E-state index contributed by atoms with van der Waals surface area (Å²) in [6, 6.07) is 0.121. The van der Waals surface area contributed by atoms with E-state index in [0.29, 0.717) is 19.6 Å². The molecule has 1 aliphatic heterocycles. The number of piperazine rings is 1. The van der Waals surface area contributed by atoms with Gasteiger partial charge in [-0.1, -0.05) is 0 Å². The summed E-state index contributed by atoms with van der Waals surface area (Å²) in [7, 11) is 0. The van der Waals surface area contributed by atoms with Crippen molar-refractivity contribution in [2.24, 2.45) is 17.8 Å². The van der Waals surface area contributed by atoms with E-state index < -0.39 is 0 Å². The normalized spacial score (nSPS) is 36.0. The number of carbonyl (C=O) groups is 2. The van der Waals surface area contributed by atoms with Crippen molar-refractivity contribution < 1.29 is 9.59 Å². The zero-order chi connectivity index (χ0) is 19.2. The van der Waals surface area contributed by atoms with Gasteiger partial charge in [0.05, 0.1) is 6.54 Å². The smallest absolute Gasteiger partial charge is 0.317 e. The SMILES string of the molecule is CC(C)(C)NC(=O)CN1CCN(C(=O)NC23CC4CC(CC(C4)C2)C3)CC1. The van der Waals surface area contributed by atoms with Crippen LogP contribution in [0.4, 0.5) is 4.79 Å². The van der Waals surface area contributed by atoms with Gasteiger partial charge in [0.2, 0.25) is 5.91 Å². The molecule has 1 heterocycles. The van der Waals surface area contributed by atoms with Crippen molar-refractivity contribution >= 4 is 11.9 Å². The Bertz CT molecular complexity index is 554. The average molecular weight is 377 g/mol. The molecule has 0 spiro atoms. The van der Waals surface area contributed by atoms with Crippen molar-refractivity contribution in [3.8, 4) is 0 Å². The average Bonchev–Trinajstić information content (AvgIpc) is 2.51. The molecular formula is C21H36N4O2. The molecule has 1 saturated heterocycles. The van der Waals surface area contributed by atoms with Crippen molar-refractivity contribution in [2.45, 2.75) is 70.4 Å². The highest BCUT2D eigenvalue weighted by molar-refractivity contribution is 5.79. The van der Waals surface area contributed by atoms with Gasteiger partial charge in [-0.3, -0.25) is 9.69 Å². The molecule has 152 valence electrons. The fourth-order valence-corrected chi connectivity index (χ4v) is 6.34. The maximum Gasteiger partial charge on any atom is 0.317 e. The van der Waals surface area contributed by atoms with Crippen molar-refractivity contribution in [1.82, 2.24) is 20.4 Å². The summed E-state index contributed by atoms with van der Waals surface area (Å²) < 4.78 is 0. The van der Waals surface area contributed by atoms with Gasteiger partial charge in [0.25, 0.3) is 0 Å². The molecule has 0 aromatic carbocycles. The minimum absolute atomic E-state index is 0.0639. The van der Waals surface area contributed by atoms with Gasteiger partial charge in [0.15, 0.2) is 0 Å². The number of hydrogen-bond acceptors (Lipinski definition) is 3. The lowest BCUT2D eigenvalue weighted by atomic mass is 9.53. The van der Waals surface area contributed by atoms with Crippen LogP contribution < -0.4 is 10.6 Å². The molecule has 0 aromatic heterocycles. The quantitative estimate of drug-likeness (QED) is 0.794. The lowest BCUT2D eigenvalue weighted by Crippen LogP contribution is -2.63. The first-order chi connectivity index (χ1) is 12.7. The standard InChI is InChI=1S/C21H36N4O2/c1-20(2,3)22-18(26)14-24-4-6-25(7-5-24)19(27)23-21-11-15-8-16(12-21)10-17(9-15)13-21/h15-17H,4-14H2,1-3H3,(H,22,26)(H,23,27). The van der Waals surface area contributed by atoms with Crippen molar-refractivity contribution in [3.63, 3.8) is 0 Å². The van der Waals surface area contributed by atoms with E-state index in [1.165, 1.54) is 38.5 Å². The molecule has 5 rings (SSSR count). The predicted molar refractivity (Wildman–Crippen MR) is 105 cm³/mol. The number of amides is 3. The highest BCUT2D eigenvalue weighted by atomic mass is 16.2. The van der Waals surface area contributed by atoms with Gasteiger partial charge in [-0.05, 0) is 77.0 Å². The summed E-state index contributed by atoms with van der Waals surface area (Å²) in [6.45, 7) is 9.37. The van der Waals surface area contributed by atoms with Gasteiger partial charge >= 0.3 is 6.03 Å². The lowest BCUT2D eigenvalue weighted by molar-refractivity contribution is -0.124. The molecular weight excluding hydrogens is 340 g/mol. The van der Waals surface area contributed by atoms with Gasteiger partial charge in [-0.15, -0.1) is 0 Å². The summed E-state index contributed by atoms with van der Waals surface area (Å²) in [5, 5.41) is 6.48. The maximum absolute atomic E-state index is 12.9. The zero-order valence-corrected chi connectivity index (χ0v) is 17.2. The minimum Gasteiger partial charge on any atom is -0.350 e. The Morgan fingerprint density at radius 2 is 1.44 bits per heavy atom. The van der Waals surface area contributed by atoms with E-state index in [4.69, 9.17) is 0 Å². The molecule has 0 radical (unpaired) electrons. The predicted octanol–water partition coefficient (Wildman–Crippen LogP) is 2.20. The third-order valence-corrected chi connectivity index (χ3v) is 6.95. The number of hydrogen-bond donors (Lipinski definition) is 2. The number of rotatable bonds is 3. The molecule has 0 aromatic rings. The summed E-state index contributed by atoms with van der Waals surface area (Å²) in [5.74, 6) is 2.59. The summed E-state index contributed by atoms with van der Waals surface area (Å²) >= 11 is 0.